The third-order valence-electron chi connectivity index (χ3n) is 16.9. The van der Waals surface area contributed by atoms with Gasteiger partial charge in [-0.1, -0.05) is 142 Å². The maximum Gasteiger partial charge on any atom is 0.227 e. The molecule has 5 heterocycles. The zero-order valence-corrected chi connectivity index (χ0v) is 55.7. The SMILES string of the molecule is CC(Oc1cc(-c2ccc(C3CCNCC3)cc2)cnc1N)c1c(Cl)ccc(F)c1Cl.CC(Oc1cc(-c2ccc(CC#N)cc2)cnc1N)c1c(Cl)ccc(F)c1Cl.CC(Oc1cc(-c2ccc(CC(=O)N3CC4C(N)C4C3)cc2)cnc1N)c1c(Cl)ccc(F)c1Cl. The fourth-order valence-corrected chi connectivity index (χ4v) is 13.5. The van der Waals surface area contributed by atoms with Crippen molar-refractivity contribution >= 4 is 93.0 Å². The summed E-state index contributed by atoms with van der Waals surface area (Å²) in [5.74, 6) is 1.66. The van der Waals surface area contributed by atoms with Crippen molar-refractivity contribution in [3.8, 4) is 56.7 Å². The van der Waals surface area contributed by atoms with Gasteiger partial charge in [0.25, 0.3) is 0 Å². The minimum Gasteiger partial charge on any atom is -0.482 e. The summed E-state index contributed by atoms with van der Waals surface area (Å²) >= 11 is 36.9. The van der Waals surface area contributed by atoms with Crippen LogP contribution >= 0.6 is 69.6 Å². The number of nitrogens with zero attached hydrogens (tertiary/aromatic N) is 5. The number of nitrogens with one attached hydrogen (secondary N) is 1. The predicted molar refractivity (Wildman–Crippen MR) is 368 cm³/mol. The van der Waals surface area contributed by atoms with Gasteiger partial charge in [0.15, 0.2) is 34.7 Å². The van der Waals surface area contributed by atoms with Crippen molar-refractivity contribution in [3.63, 3.8) is 0 Å². The minimum absolute atomic E-state index is 0.0591. The molecule has 9 N–H and O–H groups in total. The van der Waals surface area contributed by atoms with E-state index in [1.165, 1.54) is 42.0 Å². The second-order valence-electron chi connectivity index (χ2n) is 23.1. The van der Waals surface area contributed by atoms with Crippen molar-refractivity contribution in [3.05, 3.63) is 227 Å². The number of pyridine rings is 3. The van der Waals surface area contributed by atoms with Gasteiger partial charge in [-0.25, -0.2) is 28.1 Å². The van der Waals surface area contributed by atoms with Crippen LogP contribution in [0.25, 0.3) is 33.4 Å². The lowest BCUT2D eigenvalue weighted by molar-refractivity contribution is -0.130. The molecule has 486 valence electrons. The molecule has 2 saturated heterocycles. The van der Waals surface area contributed by atoms with Gasteiger partial charge in [-0.15, -0.1) is 0 Å². The number of carbonyl (C=O) groups excluding carboxylic acids is 1. The molecule has 3 aliphatic rings. The molecule has 3 aromatic heterocycles. The molecule has 0 radical (unpaired) electrons. The van der Waals surface area contributed by atoms with Crippen LogP contribution in [0.4, 0.5) is 30.6 Å². The fraction of sp³-hybridized carbons (Fsp3) is 0.254. The summed E-state index contributed by atoms with van der Waals surface area (Å²) in [4.78, 5) is 27.2. The number of rotatable bonds is 16. The van der Waals surface area contributed by atoms with Gasteiger partial charge in [0.05, 0.1) is 34.0 Å². The maximum atomic E-state index is 13.9. The molecule has 1 aliphatic carbocycles. The Morgan fingerprint density at radius 1 is 0.553 bits per heavy atom. The van der Waals surface area contributed by atoms with E-state index < -0.39 is 35.8 Å². The Hall–Kier alpha value is -8.02. The largest absolute Gasteiger partial charge is 0.482 e. The van der Waals surface area contributed by atoms with Gasteiger partial charge < -0.3 is 47.4 Å². The second kappa shape index (κ2) is 30.6. The number of nitrogen functional groups attached to an aromatic ring is 3. The molecular weight excluding hydrogens is 1330 g/mol. The van der Waals surface area contributed by atoms with Crippen molar-refractivity contribution in [1.82, 2.24) is 25.2 Å². The van der Waals surface area contributed by atoms with Crippen LogP contribution < -0.4 is 42.5 Å². The smallest absolute Gasteiger partial charge is 0.227 e. The van der Waals surface area contributed by atoms with Crippen LogP contribution in [0.2, 0.25) is 30.1 Å². The van der Waals surface area contributed by atoms with Gasteiger partial charge in [0, 0.05) is 86.2 Å². The van der Waals surface area contributed by atoms with E-state index in [0.717, 1.165) is 83.5 Å². The standard InChI is InChI=1S/C26H25Cl2FN4O2.C24H24Cl2FN3O.C21H16Cl2FN3O/c1-13(23-19(27)6-7-20(29)24(23)28)35-21-9-16(10-32-26(21)31)15-4-2-14(3-5-15)8-22(34)33-11-17-18(12-33)25(17)30;1-14(22-19(25)6-7-20(27)23(22)26)31-21-12-18(13-30-24(21)28)16-4-2-15(3-5-16)17-8-10-29-11-9-17;1-12(19-16(22)6-7-17(24)20(19)23)28-18-10-15(11-27-21(18)26)14-4-2-13(3-5-14)8-9-25/h2-7,9-10,13,17-18,25H,8,11-12,30H2,1H3,(H2,31,32);2-7,12-14,17,29H,8-11H2,1H3,(H2,28,30);2-7,10-12H,8H2,1H3,(H2,26,27). The molecule has 12 rings (SSSR count). The Kier molecular flexibility index (Phi) is 22.4. The molecule has 3 fully saturated rings. The Labute approximate surface area is 573 Å². The van der Waals surface area contributed by atoms with Crippen LogP contribution in [0.3, 0.4) is 0 Å². The van der Waals surface area contributed by atoms with Gasteiger partial charge in [-0.2, -0.15) is 5.26 Å². The van der Waals surface area contributed by atoms with E-state index in [0.29, 0.717) is 79.6 Å². The summed E-state index contributed by atoms with van der Waals surface area (Å²) in [6.45, 7) is 8.82. The predicted octanol–water partition coefficient (Wildman–Crippen LogP) is 17.2. The third-order valence-corrected chi connectivity index (χ3v) is 19.0. The van der Waals surface area contributed by atoms with Crippen LogP contribution in [0, 0.1) is 40.6 Å². The highest BCUT2D eigenvalue weighted by Crippen LogP contribution is 2.45. The van der Waals surface area contributed by atoms with Crippen molar-refractivity contribution in [1.29, 1.82) is 5.26 Å². The number of piperidine rings is 2. The molecule has 1 saturated carbocycles. The zero-order valence-electron chi connectivity index (χ0n) is 51.1. The number of nitrogens with two attached hydrogens (primary N) is 4. The lowest BCUT2D eigenvalue weighted by Crippen LogP contribution is -2.34. The monoisotopic (exact) mass is 1390 g/mol. The van der Waals surface area contributed by atoms with E-state index in [1.807, 2.05) is 59.5 Å². The number of carbonyl (C=O) groups is 1. The molecule has 0 spiro atoms. The number of likely N-dealkylation sites (tertiary alicyclic amines) is 1. The maximum absolute atomic E-state index is 13.9. The van der Waals surface area contributed by atoms with Crippen LogP contribution in [-0.4, -0.2) is 58.0 Å². The van der Waals surface area contributed by atoms with Crippen molar-refractivity contribution in [2.75, 3.05) is 43.4 Å². The van der Waals surface area contributed by atoms with E-state index in [1.54, 1.807) is 51.5 Å². The summed E-state index contributed by atoms with van der Waals surface area (Å²) in [6, 6.07) is 39.5. The summed E-state index contributed by atoms with van der Waals surface area (Å²) in [5, 5.41) is 12.9. The molecule has 5 unspecified atom stereocenters. The molecule has 0 bridgehead atoms. The highest BCUT2D eigenvalue weighted by atomic mass is 35.5. The highest BCUT2D eigenvalue weighted by molar-refractivity contribution is 6.37. The number of benzene rings is 6. The Balaban J connectivity index is 0.000000155. The molecule has 1 amide bonds. The first-order valence-electron chi connectivity index (χ1n) is 30.1. The van der Waals surface area contributed by atoms with Crippen molar-refractivity contribution < 1.29 is 32.2 Å². The summed E-state index contributed by atoms with van der Waals surface area (Å²) in [5.41, 5.74) is 33.5. The first kappa shape index (κ1) is 68.8. The zero-order chi connectivity index (χ0) is 67.1. The van der Waals surface area contributed by atoms with Crippen molar-refractivity contribution in [2.45, 2.75) is 76.7 Å². The molecule has 5 atom stereocenters. The fourth-order valence-electron chi connectivity index (χ4n) is 11.5. The van der Waals surface area contributed by atoms with Crippen LogP contribution in [0.5, 0.6) is 17.2 Å². The first-order chi connectivity index (χ1) is 45.1. The van der Waals surface area contributed by atoms with E-state index in [9.17, 15) is 18.0 Å². The summed E-state index contributed by atoms with van der Waals surface area (Å²) in [6.07, 6.45) is 6.10. The van der Waals surface area contributed by atoms with E-state index >= 15 is 0 Å². The average Bonchev–Trinajstić information content (AvgIpc) is 1.59. The minimum atomic E-state index is -0.662. The molecule has 23 heteroatoms. The average molecular weight is 1390 g/mol. The Morgan fingerprint density at radius 2 is 0.904 bits per heavy atom. The lowest BCUT2D eigenvalue weighted by Gasteiger charge is -2.23. The molecule has 9 aromatic rings. The normalized spacial score (nSPS) is 16.6. The number of hydrogen-bond acceptors (Lipinski definition) is 13. The number of nitriles is 1. The molecule has 2 aliphatic heterocycles. The highest BCUT2D eigenvalue weighted by Gasteiger charge is 2.54. The van der Waals surface area contributed by atoms with Gasteiger partial charge >= 0.3 is 0 Å². The quantitative estimate of drug-likeness (QED) is 0.0568. The first-order valence-corrected chi connectivity index (χ1v) is 32.4. The number of fused-ring (bicyclic) bond motifs is 1. The number of aromatic nitrogens is 3. The third kappa shape index (κ3) is 16.2. The van der Waals surface area contributed by atoms with Gasteiger partial charge in [-0.05, 0) is 152 Å². The number of hydrogen-bond donors (Lipinski definition) is 5. The van der Waals surface area contributed by atoms with Crippen LogP contribution in [-0.2, 0) is 17.6 Å². The van der Waals surface area contributed by atoms with E-state index in [-0.39, 0.29) is 44.5 Å². The van der Waals surface area contributed by atoms with Gasteiger partial charge in [-0.3, -0.25) is 4.79 Å². The molecule has 94 heavy (non-hydrogen) atoms. The Morgan fingerprint density at radius 3 is 1.27 bits per heavy atom. The van der Waals surface area contributed by atoms with E-state index in [2.05, 4.69) is 50.6 Å². The van der Waals surface area contributed by atoms with Crippen LogP contribution in [0.1, 0.15) is 91.2 Å². The number of ether oxygens (including phenoxy) is 3. The molecule has 14 nitrogen and oxygen atoms in total. The number of halogens is 9. The second-order valence-corrected chi connectivity index (χ2v) is 25.5. The van der Waals surface area contributed by atoms with Crippen LogP contribution in [0.15, 0.2) is 146 Å². The molecule has 6 aromatic carbocycles. The summed E-state index contributed by atoms with van der Waals surface area (Å²) in [7, 11) is 0. The Bertz CT molecular complexity index is 4250. The summed E-state index contributed by atoms with van der Waals surface area (Å²) < 4.78 is 59.5. The lowest BCUT2D eigenvalue weighted by atomic mass is 9.89. The molecular formula is C71H65Cl6F3N10O4. The van der Waals surface area contributed by atoms with Gasteiger partial charge in [0.1, 0.15) is 35.8 Å². The van der Waals surface area contributed by atoms with Crippen molar-refractivity contribution in [2.24, 2.45) is 17.6 Å². The number of amides is 1. The van der Waals surface area contributed by atoms with Gasteiger partial charge in [0.2, 0.25) is 5.91 Å². The number of anilines is 3. The topological polar surface area (TPSA) is 227 Å². The van der Waals surface area contributed by atoms with E-state index in [4.69, 9.17) is 112 Å².